The molecule has 0 aliphatic carbocycles. The molecular formula is C11H11BrN2OS. The first kappa shape index (κ1) is 11.5. The fourth-order valence-corrected chi connectivity index (χ4v) is 2.17. The first-order valence-electron chi connectivity index (χ1n) is 4.93. The lowest BCUT2D eigenvalue weighted by Crippen LogP contribution is -1.90. The molecule has 0 N–H and O–H groups in total. The van der Waals surface area contributed by atoms with Gasteiger partial charge in [-0.1, -0.05) is 26.0 Å². The van der Waals surface area contributed by atoms with Gasteiger partial charge in [0.25, 0.3) is 5.19 Å². The zero-order chi connectivity index (χ0) is 11.5. The SMILES string of the molecule is CC(C)c1nsc(Oc2ccccc2Br)n1. The van der Waals surface area contributed by atoms with Crippen LogP contribution in [0.5, 0.6) is 10.9 Å². The number of aromatic nitrogens is 2. The highest BCUT2D eigenvalue weighted by Crippen LogP contribution is 2.30. The average molecular weight is 299 g/mol. The Hall–Kier alpha value is -0.940. The third kappa shape index (κ3) is 2.59. The monoisotopic (exact) mass is 298 g/mol. The molecule has 0 aliphatic rings. The summed E-state index contributed by atoms with van der Waals surface area (Å²) in [4.78, 5) is 4.31. The predicted molar refractivity (Wildman–Crippen MR) is 68.2 cm³/mol. The maximum Gasteiger partial charge on any atom is 0.298 e. The Balaban J connectivity index is 2.18. The fraction of sp³-hybridized carbons (Fsp3) is 0.273. The number of hydrogen-bond donors (Lipinski definition) is 0. The standard InChI is InChI=1S/C11H11BrN2OS/c1-7(2)10-13-11(16-14-10)15-9-6-4-3-5-8(9)12/h3-7H,1-2H3. The van der Waals surface area contributed by atoms with Gasteiger partial charge in [0.15, 0.2) is 0 Å². The van der Waals surface area contributed by atoms with Crippen LogP contribution >= 0.6 is 27.5 Å². The second-order valence-corrected chi connectivity index (χ2v) is 5.17. The normalized spacial score (nSPS) is 10.8. The number of nitrogens with zero attached hydrogens (tertiary/aromatic N) is 2. The third-order valence-corrected chi connectivity index (χ3v) is 3.24. The molecule has 84 valence electrons. The molecule has 0 saturated heterocycles. The van der Waals surface area contributed by atoms with E-state index in [2.05, 4.69) is 39.1 Å². The van der Waals surface area contributed by atoms with Gasteiger partial charge in [-0.25, -0.2) is 0 Å². The molecule has 1 aromatic carbocycles. The topological polar surface area (TPSA) is 35.0 Å². The number of benzene rings is 1. The highest BCUT2D eigenvalue weighted by molar-refractivity contribution is 9.10. The molecule has 2 aromatic rings. The summed E-state index contributed by atoms with van der Waals surface area (Å²) in [7, 11) is 0. The van der Waals surface area contributed by atoms with Gasteiger partial charge in [0, 0.05) is 17.5 Å². The van der Waals surface area contributed by atoms with Crippen molar-refractivity contribution in [3.05, 3.63) is 34.6 Å². The van der Waals surface area contributed by atoms with Crippen molar-refractivity contribution in [2.45, 2.75) is 19.8 Å². The van der Waals surface area contributed by atoms with Crippen LogP contribution in [0.25, 0.3) is 0 Å². The molecular weight excluding hydrogens is 288 g/mol. The summed E-state index contributed by atoms with van der Waals surface area (Å²) >= 11 is 4.70. The molecule has 1 heterocycles. The van der Waals surface area contributed by atoms with Crippen molar-refractivity contribution in [1.29, 1.82) is 0 Å². The van der Waals surface area contributed by atoms with Crippen molar-refractivity contribution >= 4 is 27.5 Å². The lowest BCUT2D eigenvalue weighted by molar-refractivity contribution is 0.473. The largest absolute Gasteiger partial charge is 0.429 e. The van der Waals surface area contributed by atoms with E-state index >= 15 is 0 Å². The van der Waals surface area contributed by atoms with E-state index in [0.29, 0.717) is 11.1 Å². The van der Waals surface area contributed by atoms with Gasteiger partial charge in [-0.15, -0.1) is 0 Å². The molecule has 0 aliphatic heterocycles. The lowest BCUT2D eigenvalue weighted by Gasteiger charge is -2.02. The maximum absolute atomic E-state index is 5.64. The Morgan fingerprint density at radius 3 is 2.69 bits per heavy atom. The molecule has 16 heavy (non-hydrogen) atoms. The van der Waals surface area contributed by atoms with E-state index in [1.807, 2.05) is 24.3 Å². The van der Waals surface area contributed by atoms with Crippen LogP contribution in [-0.4, -0.2) is 9.36 Å². The van der Waals surface area contributed by atoms with Crippen molar-refractivity contribution in [2.24, 2.45) is 0 Å². The van der Waals surface area contributed by atoms with Crippen molar-refractivity contribution < 1.29 is 4.74 Å². The molecule has 0 saturated carbocycles. The van der Waals surface area contributed by atoms with E-state index in [1.165, 1.54) is 11.5 Å². The van der Waals surface area contributed by atoms with E-state index in [-0.39, 0.29) is 0 Å². The third-order valence-electron chi connectivity index (χ3n) is 1.97. The van der Waals surface area contributed by atoms with E-state index in [0.717, 1.165) is 16.0 Å². The Morgan fingerprint density at radius 1 is 1.31 bits per heavy atom. The highest BCUT2D eigenvalue weighted by atomic mass is 79.9. The molecule has 0 radical (unpaired) electrons. The number of ether oxygens (including phenoxy) is 1. The van der Waals surface area contributed by atoms with Crippen LogP contribution in [0.1, 0.15) is 25.6 Å². The second-order valence-electron chi connectivity index (χ2n) is 3.61. The van der Waals surface area contributed by atoms with Crippen LogP contribution in [0, 0.1) is 0 Å². The van der Waals surface area contributed by atoms with E-state index in [1.54, 1.807) is 0 Å². The van der Waals surface area contributed by atoms with Gasteiger partial charge in [-0.2, -0.15) is 9.36 Å². The van der Waals surface area contributed by atoms with Gasteiger partial charge in [0.05, 0.1) is 4.47 Å². The summed E-state index contributed by atoms with van der Waals surface area (Å²) in [6.07, 6.45) is 0. The number of para-hydroxylation sites is 1. The molecule has 0 atom stereocenters. The zero-order valence-corrected chi connectivity index (χ0v) is 11.4. The van der Waals surface area contributed by atoms with Crippen molar-refractivity contribution in [1.82, 2.24) is 9.36 Å². The van der Waals surface area contributed by atoms with Crippen LogP contribution in [0.2, 0.25) is 0 Å². The fourth-order valence-electron chi connectivity index (χ4n) is 1.12. The van der Waals surface area contributed by atoms with Gasteiger partial charge in [-0.05, 0) is 28.1 Å². The minimum atomic E-state index is 0.327. The van der Waals surface area contributed by atoms with Crippen molar-refractivity contribution in [2.75, 3.05) is 0 Å². The first-order chi connectivity index (χ1) is 7.66. The van der Waals surface area contributed by atoms with Crippen molar-refractivity contribution in [3.8, 4) is 10.9 Å². The van der Waals surface area contributed by atoms with Crippen molar-refractivity contribution in [3.63, 3.8) is 0 Å². The van der Waals surface area contributed by atoms with Crippen LogP contribution < -0.4 is 4.74 Å². The molecule has 0 unspecified atom stereocenters. The number of halogens is 1. The summed E-state index contributed by atoms with van der Waals surface area (Å²) in [6.45, 7) is 4.12. The Kier molecular flexibility index (Phi) is 3.56. The predicted octanol–water partition coefficient (Wildman–Crippen LogP) is 4.22. The molecule has 2 rings (SSSR count). The van der Waals surface area contributed by atoms with Crippen LogP contribution in [0.15, 0.2) is 28.7 Å². The minimum Gasteiger partial charge on any atom is -0.429 e. The maximum atomic E-state index is 5.64. The number of rotatable bonds is 3. The summed E-state index contributed by atoms with van der Waals surface area (Å²) in [5.41, 5.74) is 0. The minimum absolute atomic E-state index is 0.327. The number of hydrogen-bond acceptors (Lipinski definition) is 4. The smallest absolute Gasteiger partial charge is 0.298 e. The zero-order valence-electron chi connectivity index (χ0n) is 8.98. The highest BCUT2D eigenvalue weighted by Gasteiger charge is 2.10. The van der Waals surface area contributed by atoms with Gasteiger partial charge in [-0.3, -0.25) is 0 Å². The summed E-state index contributed by atoms with van der Waals surface area (Å²) in [5.74, 6) is 1.91. The summed E-state index contributed by atoms with van der Waals surface area (Å²) < 4.78 is 10.8. The summed E-state index contributed by atoms with van der Waals surface area (Å²) in [6, 6.07) is 7.68. The van der Waals surface area contributed by atoms with E-state index in [9.17, 15) is 0 Å². The summed E-state index contributed by atoms with van der Waals surface area (Å²) in [5, 5.41) is 0.579. The van der Waals surface area contributed by atoms with Crippen LogP contribution in [0.3, 0.4) is 0 Å². The molecule has 0 fully saturated rings. The first-order valence-corrected chi connectivity index (χ1v) is 6.49. The molecule has 1 aromatic heterocycles. The van der Waals surface area contributed by atoms with Crippen LogP contribution in [0.4, 0.5) is 0 Å². The lowest BCUT2D eigenvalue weighted by atomic mass is 10.2. The van der Waals surface area contributed by atoms with Gasteiger partial charge in [0.1, 0.15) is 11.6 Å². The molecule has 3 nitrogen and oxygen atoms in total. The van der Waals surface area contributed by atoms with Gasteiger partial charge >= 0.3 is 0 Å². The van der Waals surface area contributed by atoms with E-state index < -0.39 is 0 Å². The van der Waals surface area contributed by atoms with Crippen LogP contribution in [-0.2, 0) is 0 Å². The molecule has 0 spiro atoms. The Labute approximate surface area is 107 Å². The average Bonchev–Trinajstić information content (AvgIpc) is 2.70. The molecule has 0 bridgehead atoms. The Morgan fingerprint density at radius 2 is 2.06 bits per heavy atom. The molecule has 0 amide bonds. The van der Waals surface area contributed by atoms with Gasteiger partial charge < -0.3 is 4.74 Å². The Bertz CT molecular complexity index is 484. The van der Waals surface area contributed by atoms with Gasteiger partial charge in [0.2, 0.25) is 0 Å². The quantitative estimate of drug-likeness (QED) is 0.851. The second kappa shape index (κ2) is 4.93. The van der Waals surface area contributed by atoms with E-state index in [4.69, 9.17) is 4.74 Å². The molecule has 5 heteroatoms.